The highest BCUT2D eigenvalue weighted by atomic mass is 15.1. The van der Waals surface area contributed by atoms with Crippen molar-refractivity contribution in [2.24, 2.45) is 0 Å². The van der Waals surface area contributed by atoms with Crippen molar-refractivity contribution in [1.82, 2.24) is 0 Å². The number of rotatable bonds is 8. The number of anilines is 3. The van der Waals surface area contributed by atoms with E-state index < -0.39 is 0 Å². The Kier molecular flexibility index (Phi) is 7.84. The third kappa shape index (κ3) is 5.82. The van der Waals surface area contributed by atoms with Crippen LogP contribution in [0.4, 0.5) is 17.1 Å². The maximum Gasteiger partial charge on any atom is 0.0462 e. The molecule has 7 rings (SSSR count). The van der Waals surface area contributed by atoms with Crippen molar-refractivity contribution in [3.8, 4) is 22.3 Å². The molecule has 0 aliphatic carbocycles. The first-order valence-electron chi connectivity index (χ1n) is 15.1. The second-order valence-corrected chi connectivity index (χ2v) is 11.0. The highest BCUT2D eigenvalue weighted by Crippen LogP contribution is 2.36. The van der Waals surface area contributed by atoms with E-state index in [1.54, 1.807) is 0 Å². The van der Waals surface area contributed by atoms with Crippen LogP contribution >= 0.6 is 0 Å². The molecule has 0 atom stereocenters. The summed E-state index contributed by atoms with van der Waals surface area (Å²) in [7, 11) is 0. The number of benzene rings is 7. The van der Waals surface area contributed by atoms with Crippen LogP contribution in [0.1, 0.15) is 22.6 Å². The molecular weight excluding hydrogens is 530 g/mol. The summed E-state index contributed by atoms with van der Waals surface area (Å²) >= 11 is 0. The van der Waals surface area contributed by atoms with Crippen LogP contribution in [0.3, 0.4) is 0 Å². The lowest BCUT2D eigenvalue weighted by atomic mass is 9.84. The molecule has 0 saturated carbocycles. The van der Waals surface area contributed by atoms with Crippen molar-refractivity contribution < 1.29 is 0 Å². The summed E-state index contributed by atoms with van der Waals surface area (Å²) in [5.41, 5.74) is 12.1. The van der Waals surface area contributed by atoms with E-state index in [1.807, 2.05) is 0 Å². The Balaban J connectivity index is 1.12. The Labute approximate surface area is 260 Å². The van der Waals surface area contributed by atoms with Crippen LogP contribution in [0.2, 0.25) is 0 Å². The van der Waals surface area contributed by atoms with Gasteiger partial charge in [0.05, 0.1) is 0 Å². The second kappa shape index (κ2) is 12.7. The van der Waals surface area contributed by atoms with Crippen molar-refractivity contribution in [3.63, 3.8) is 0 Å². The van der Waals surface area contributed by atoms with Gasteiger partial charge in [-0.3, -0.25) is 0 Å². The first-order valence-corrected chi connectivity index (χ1v) is 15.1. The molecule has 0 heterocycles. The van der Waals surface area contributed by atoms with Crippen LogP contribution in [-0.4, -0.2) is 0 Å². The zero-order chi connectivity index (χ0) is 29.6. The molecular formula is C43H33N. The summed E-state index contributed by atoms with van der Waals surface area (Å²) < 4.78 is 0. The zero-order valence-corrected chi connectivity index (χ0v) is 24.5. The molecule has 1 heteroatoms. The minimum atomic E-state index is 0.205. The van der Waals surface area contributed by atoms with Crippen molar-refractivity contribution in [1.29, 1.82) is 0 Å². The largest absolute Gasteiger partial charge is 0.311 e. The molecule has 0 spiro atoms. The fourth-order valence-corrected chi connectivity index (χ4v) is 6.00. The van der Waals surface area contributed by atoms with E-state index in [9.17, 15) is 0 Å². The number of hydrogen-bond donors (Lipinski definition) is 0. The average Bonchev–Trinajstić information content (AvgIpc) is 3.11. The maximum atomic E-state index is 2.29. The fraction of sp³-hybridized carbons (Fsp3) is 0.0233. The lowest BCUT2D eigenvalue weighted by Gasteiger charge is -2.25. The fourth-order valence-electron chi connectivity index (χ4n) is 6.00. The maximum absolute atomic E-state index is 2.29. The van der Waals surface area contributed by atoms with Gasteiger partial charge in [-0.05, 0) is 75.3 Å². The van der Waals surface area contributed by atoms with E-state index in [2.05, 4.69) is 199 Å². The van der Waals surface area contributed by atoms with Gasteiger partial charge in [0.25, 0.3) is 0 Å². The molecule has 1 nitrogen and oxygen atoms in total. The Morgan fingerprint density at radius 2 is 0.523 bits per heavy atom. The predicted molar refractivity (Wildman–Crippen MR) is 186 cm³/mol. The van der Waals surface area contributed by atoms with Crippen molar-refractivity contribution in [2.45, 2.75) is 5.92 Å². The van der Waals surface area contributed by atoms with Crippen LogP contribution in [0.5, 0.6) is 0 Å². The Morgan fingerprint density at radius 3 is 0.909 bits per heavy atom. The van der Waals surface area contributed by atoms with Gasteiger partial charge in [-0.2, -0.15) is 0 Å². The lowest BCUT2D eigenvalue weighted by molar-refractivity contribution is 0.978. The first-order chi connectivity index (χ1) is 21.8. The molecule has 7 aromatic carbocycles. The van der Waals surface area contributed by atoms with Crippen molar-refractivity contribution in [2.75, 3.05) is 4.90 Å². The van der Waals surface area contributed by atoms with Crippen LogP contribution in [0.15, 0.2) is 194 Å². The van der Waals surface area contributed by atoms with Gasteiger partial charge in [0.15, 0.2) is 0 Å². The van der Waals surface area contributed by atoms with Gasteiger partial charge in [0, 0.05) is 23.0 Å². The van der Waals surface area contributed by atoms with Crippen LogP contribution in [-0.2, 0) is 0 Å². The van der Waals surface area contributed by atoms with Gasteiger partial charge in [-0.1, -0.05) is 158 Å². The van der Waals surface area contributed by atoms with E-state index in [0.29, 0.717) is 0 Å². The van der Waals surface area contributed by atoms with Gasteiger partial charge in [-0.15, -0.1) is 0 Å². The molecule has 0 aliphatic heterocycles. The molecule has 0 unspecified atom stereocenters. The zero-order valence-electron chi connectivity index (χ0n) is 24.5. The number of hydrogen-bond acceptors (Lipinski definition) is 1. The van der Waals surface area contributed by atoms with Crippen LogP contribution in [0, 0.1) is 0 Å². The van der Waals surface area contributed by atoms with Crippen LogP contribution in [0.25, 0.3) is 22.3 Å². The Bertz CT molecular complexity index is 1670. The molecule has 210 valence electrons. The smallest absolute Gasteiger partial charge is 0.0462 e. The molecule has 0 aromatic heterocycles. The van der Waals surface area contributed by atoms with Crippen LogP contribution < -0.4 is 4.90 Å². The highest BCUT2D eigenvalue weighted by Gasteiger charge is 2.16. The molecule has 0 bridgehead atoms. The summed E-state index contributed by atoms with van der Waals surface area (Å²) in [6, 6.07) is 69.4. The molecule has 0 N–H and O–H groups in total. The standard InChI is InChI=1S/C43H33N/c1-5-13-37(14-6-1)43(38-15-7-2-8-16-38)39-27-25-35(26-28-39)33-21-23-34(24-22-33)36-29-31-42(32-30-36)44(40-17-9-3-10-18-40)41-19-11-4-12-20-41/h1-32,43H. The van der Waals surface area contributed by atoms with E-state index in [-0.39, 0.29) is 5.92 Å². The normalized spacial score (nSPS) is 10.9. The quantitative estimate of drug-likeness (QED) is 0.166. The Hall–Kier alpha value is -5.66. The van der Waals surface area contributed by atoms with Gasteiger partial charge >= 0.3 is 0 Å². The topological polar surface area (TPSA) is 3.24 Å². The molecule has 7 aromatic rings. The monoisotopic (exact) mass is 563 g/mol. The Morgan fingerprint density at radius 1 is 0.250 bits per heavy atom. The molecule has 44 heavy (non-hydrogen) atoms. The molecule has 0 amide bonds. The molecule has 0 aliphatic rings. The van der Waals surface area contributed by atoms with Crippen molar-refractivity contribution >= 4 is 17.1 Å². The van der Waals surface area contributed by atoms with Gasteiger partial charge in [0.1, 0.15) is 0 Å². The molecule has 0 radical (unpaired) electrons. The van der Waals surface area contributed by atoms with Gasteiger partial charge in [0.2, 0.25) is 0 Å². The average molecular weight is 564 g/mol. The SMILES string of the molecule is c1ccc(C(c2ccccc2)c2ccc(-c3ccc(-c4ccc(N(c5ccccc5)c5ccccc5)cc4)cc3)cc2)cc1. The van der Waals surface area contributed by atoms with Gasteiger partial charge < -0.3 is 4.90 Å². The highest BCUT2D eigenvalue weighted by molar-refractivity contribution is 5.78. The van der Waals surface area contributed by atoms with E-state index in [4.69, 9.17) is 0 Å². The summed E-state index contributed by atoms with van der Waals surface area (Å²) in [5.74, 6) is 0.205. The lowest BCUT2D eigenvalue weighted by Crippen LogP contribution is -2.09. The summed E-state index contributed by atoms with van der Waals surface area (Å²) in [6.07, 6.45) is 0. The van der Waals surface area contributed by atoms with E-state index in [1.165, 1.54) is 38.9 Å². The molecule has 0 fully saturated rings. The van der Waals surface area contributed by atoms with E-state index >= 15 is 0 Å². The second-order valence-electron chi connectivity index (χ2n) is 11.0. The number of para-hydroxylation sites is 2. The third-order valence-electron chi connectivity index (χ3n) is 8.22. The number of nitrogens with zero attached hydrogens (tertiary/aromatic N) is 1. The van der Waals surface area contributed by atoms with Gasteiger partial charge in [-0.25, -0.2) is 0 Å². The van der Waals surface area contributed by atoms with Crippen molar-refractivity contribution in [3.05, 3.63) is 211 Å². The summed E-state index contributed by atoms with van der Waals surface area (Å²) in [6.45, 7) is 0. The minimum Gasteiger partial charge on any atom is -0.311 e. The van der Waals surface area contributed by atoms with E-state index in [0.717, 1.165) is 17.1 Å². The minimum absolute atomic E-state index is 0.205. The summed E-state index contributed by atoms with van der Waals surface area (Å²) in [5, 5.41) is 0. The predicted octanol–water partition coefficient (Wildman–Crippen LogP) is 11.7. The molecule has 0 saturated heterocycles. The first kappa shape index (κ1) is 27.2. The third-order valence-corrected chi connectivity index (χ3v) is 8.22. The summed E-state index contributed by atoms with van der Waals surface area (Å²) in [4.78, 5) is 2.29.